The molecule has 0 aliphatic heterocycles. The van der Waals surface area contributed by atoms with Crippen LogP contribution < -0.4 is 0 Å². The van der Waals surface area contributed by atoms with Crippen molar-refractivity contribution in [2.45, 2.75) is 6.92 Å². The van der Waals surface area contributed by atoms with Gasteiger partial charge in [-0.1, -0.05) is 17.7 Å². The van der Waals surface area contributed by atoms with E-state index in [1.807, 2.05) is 25.3 Å². The van der Waals surface area contributed by atoms with Gasteiger partial charge in [-0.15, -0.1) is 0 Å². The maximum Gasteiger partial charge on any atom is 0.338 e. The predicted octanol–water partition coefficient (Wildman–Crippen LogP) is 2.51. The Kier molecular flexibility index (Phi) is 4.53. The molecular formula is C11H14O2S. The Bertz CT molecular complexity index is 293. The van der Waals surface area contributed by atoms with Crippen LogP contribution in [0.3, 0.4) is 0 Å². The lowest BCUT2D eigenvalue weighted by Gasteiger charge is -2.03. The summed E-state index contributed by atoms with van der Waals surface area (Å²) < 4.78 is 5.05. The van der Waals surface area contributed by atoms with Crippen molar-refractivity contribution in [3.63, 3.8) is 0 Å². The van der Waals surface area contributed by atoms with Crippen LogP contribution >= 0.6 is 11.8 Å². The Morgan fingerprint density at radius 3 is 2.57 bits per heavy atom. The second-order valence-electron chi connectivity index (χ2n) is 2.99. The van der Waals surface area contributed by atoms with Crippen molar-refractivity contribution in [1.29, 1.82) is 0 Å². The van der Waals surface area contributed by atoms with E-state index < -0.39 is 0 Å². The van der Waals surface area contributed by atoms with Crippen LogP contribution in [0.15, 0.2) is 24.3 Å². The molecule has 0 bridgehead atoms. The topological polar surface area (TPSA) is 26.3 Å². The highest BCUT2D eigenvalue weighted by Gasteiger charge is 2.05. The van der Waals surface area contributed by atoms with E-state index in [0.717, 1.165) is 11.3 Å². The van der Waals surface area contributed by atoms with Gasteiger partial charge in [-0.05, 0) is 25.3 Å². The normalized spacial score (nSPS) is 9.86. The van der Waals surface area contributed by atoms with Crippen LogP contribution in [0.5, 0.6) is 0 Å². The minimum absolute atomic E-state index is 0.237. The molecule has 14 heavy (non-hydrogen) atoms. The number of hydrogen-bond donors (Lipinski definition) is 0. The van der Waals surface area contributed by atoms with Crippen molar-refractivity contribution in [1.82, 2.24) is 0 Å². The SMILES string of the molecule is CSCCOC(=O)c1ccc(C)cc1. The summed E-state index contributed by atoms with van der Waals surface area (Å²) in [6.45, 7) is 2.47. The van der Waals surface area contributed by atoms with Gasteiger partial charge in [-0.3, -0.25) is 0 Å². The number of thioether (sulfide) groups is 1. The largest absolute Gasteiger partial charge is 0.461 e. The van der Waals surface area contributed by atoms with Gasteiger partial charge >= 0.3 is 5.97 Å². The van der Waals surface area contributed by atoms with Crippen molar-refractivity contribution in [2.75, 3.05) is 18.6 Å². The summed E-state index contributed by atoms with van der Waals surface area (Å²) in [7, 11) is 0. The highest BCUT2D eigenvalue weighted by Crippen LogP contribution is 2.05. The first-order valence-electron chi connectivity index (χ1n) is 4.47. The summed E-state index contributed by atoms with van der Waals surface area (Å²) >= 11 is 1.66. The van der Waals surface area contributed by atoms with Gasteiger partial charge in [-0.25, -0.2) is 4.79 Å². The quantitative estimate of drug-likeness (QED) is 0.564. The molecule has 76 valence electrons. The third-order valence-electron chi connectivity index (χ3n) is 1.81. The molecule has 1 aromatic rings. The maximum absolute atomic E-state index is 11.4. The second kappa shape index (κ2) is 5.70. The van der Waals surface area contributed by atoms with E-state index in [2.05, 4.69) is 0 Å². The molecule has 0 amide bonds. The van der Waals surface area contributed by atoms with Gasteiger partial charge in [0.05, 0.1) is 5.56 Å². The number of rotatable bonds is 4. The lowest BCUT2D eigenvalue weighted by molar-refractivity contribution is 0.0530. The molecule has 0 radical (unpaired) electrons. The van der Waals surface area contributed by atoms with Gasteiger partial charge < -0.3 is 4.74 Å². The molecule has 0 atom stereocenters. The lowest BCUT2D eigenvalue weighted by atomic mass is 10.1. The Balaban J connectivity index is 2.48. The van der Waals surface area contributed by atoms with E-state index in [1.165, 1.54) is 0 Å². The minimum atomic E-state index is -0.237. The van der Waals surface area contributed by atoms with E-state index in [4.69, 9.17) is 4.74 Å². The number of ether oxygens (including phenoxy) is 1. The zero-order chi connectivity index (χ0) is 10.4. The Morgan fingerprint density at radius 1 is 1.36 bits per heavy atom. The molecule has 0 fully saturated rings. The molecule has 0 heterocycles. The summed E-state index contributed by atoms with van der Waals surface area (Å²) in [5, 5.41) is 0. The first-order valence-corrected chi connectivity index (χ1v) is 5.86. The zero-order valence-corrected chi connectivity index (χ0v) is 9.26. The fraction of sp³-hybridized carbons (Fsp3) is 0.364. The molecule has 0 saturated carbocycles. The van der Waals surface area contributed by atoms with Crippen molar-refractivity contribution in [2.24, 2.45) is 0 Å². The molecule has 1 rings (SSSR count). The van der Waals surface area contributed by atoms with Crippen LogP contribution in [0.2, 0.25) is 0 Å². The molecule has 0 spiro atoms. The number of carbonyl (C=O) groups excluding carboxylic acids is 1. The molecule has 1 aromatic carbocycles. The van der Waals surface area contributed by atoms with E-state index >= 15 is 0 Å². The van der Waals surface area contributed by atoms with Gasteiger partial charge in [0.15, 0.2) is 0 Å². The highest BCUT2D eigenvalue weighted by molar-refractivity contribution is 7.98. The minimum Gasteiger partial charge on any atom is -0.461 e. The Labute approximate surface area is 88.7 Å². The first kappa shape index (κ1) is 11.1. The Hall–Kier alpha value is -0.960. The molecule has 0 saturated heterocycles. The average Bonchev–Trinajstić information content (AvgIpc) is 2.19. The number of aryl methyl sites for hydroxylation is 1. The smallest absolute Gasteiger partial charge is 0.338 e. The number of esters is 1. The lowest BCUT2D eigenvalue weighted by Crippen LogP contribution is -2.07. The molecule has 2 nitrogen and oxygen atoms in total. The summed E-state index contributed by atoms with van der Waals surface area (Å²) in [5.74, 6) is 0.608. The van der Waals surface area contributed by atoms with Crippen molar-refractivity contribution in [3.05, 3.63) is 35.4 Å². The van der Waals surface area contributed by atoms with Crippen molar-refractivity contribution in [3.8, 4) is 0 Å². The van der Waals surface area contributed by atoms with Crippen molar-refractivity contribution >= 4 is 17.7 Å². The van der Waals surface area contributed by atoms with E-state index in [9.17, 15) is 4.79 Å². The third-order valence-corrected chi connectivity index (χ3v) is 2.38. The first-order chi connectivity index (χ1) is 6.74. The monoisotopic (exact) mass is 210 g/mol. The van der Waals surface area contributed by atoms with Crippen LogP contribution in [0.1, 0.15) is 15.9 Å². The molecular weight excluding hydrogens is 196 g/mol. The maximum atomic E-state index is 11.4. The van der Waals surface area contributed by atoms with Gasteiger partial charge in [-0.2, -0.15) is 11.8 Å². The molecule has 0 aromatic heterocycles. The van der Waals surface area contributed by atoms with Crippen LogP contribution in [-0.2, 0) is 4.74 Å². The zero-order valence-electron chi connectivity index (χ0n) is 8.45. The van der Waals surface area contributed by atoms with Crippen LogP contribution in [-0.4, -0.2) is 24.6 Å². The molecule has 0 aliphatic carbocycles. The van der Waals surface area contributed by atoms with Gasteiger partial charge in [0.1, 0.15) is 6.61 Å². The Morgan fingerprint density at radius 2 is 2.00 bits per heavy atom. The average molecular weight is 210 g/mol. The predicted molar refractivity (Wildman–Crippen MR) is 59.8 cm³/mol. The summed E-state index contributed by atoms with van der Waals surface area (Å²) in [6.07, 6.45) is 1.99. The van der Waals surface area contributed by atoms with E-state index in [0.29, 0.717) is 12.2 Å². The second-order valence-corrected chi connectivity index (χ2v) is 3.98. The van der Waals surface area contributed by atoms with Crippen LogP contribution in [0, 0.1) is 6.92 Å². The van der Waals surface area contributed by atoms with Crippen molar-refractivity contribution < 1.29 is 9.53 Å². The highest BCUT2D eigenvalue weighted by atomic mass is 32.2. The number of hydrogen-bond acceptors (Lipinski definition) is 3. The fourth-order valence-electron chi connectivity index (χ4n) is 0.991. The molecule has 0 aliphatic rings. The van der Waals surface area contributed by atoms with E-state index in [-0.39, 0.29) is 5.97 Å². The fourth-order valence-corrected chi connectivity index (χ4v) is 1.24. The summed E-state index contributed by atoms with van der Waals surface area (Å²) in [4.78, 5) is 11.4. The third kappa shape index (κ3) is 3.42. The summed E-state index contributed by atoms with van der Waals surface area (Å²) in [6, 6.07) is 7.39. The van der Waals surface area contributed by atoms with E-state index in [1.54, 1.807) is 23.9 Å². The van der Waals surface area contributed by atoms with Crippen LogP contribution in [0.25, 0.3) is 0 Å². The van der Waals surface area contributed by atoms with Gasteiger partial charge in [0.2, 0.25) is 0 Å². The molecule has 3 heteroatoms. The van der Waals surface area contributed by atoms with Crippen LogP contribution in [0.4, 0.5) is 0 Å². The number of carbonyl (C=O) groups is 1. The number of benzene rings is 1. The molecule has 0 unspecified atom stereocenters. The summed E-state index contributed by atoms with van der Waals surface area (Å²) in [5.41, 5.74) is 1.77. The molecule has 0 N–H and O–H groups in total. The van der Waals surface area contributed by atoms with Gasteiger partial charge in [0, 0.05) is 5.75 Å². The standard InChI is InChI=1S/C11H14O2S/c1-9-3-5-10(6-4-9)11(12)13-7-8-14-2/h3-6H,7-8H2,1-2H3. The van der Waals surface area contributed by atoms with Gasteiger partial charge in [0.25, 0.3) is 0 Å².